The van der Waals surface area contributed by atoms with Crippen LogP contribution in [-0.4, -0.2) is 27.4 Å². The van der Waals surface area contributed by atoms with Gasteiger partial charge in [0, 0.05) is 29.5 Å². The lowest BCUT2D eigenvalue weighted by Gasteiger charge is -2.24. The lowest BCUT2D eigenvalue weighted by atomic mass is 9.98. The van der Waals surface area contributed by atoms with Crippen LogP contribution in [0.25, 0.3) is 11.0 Å². The lowest BCUT2D eigenvalue weighted by molar-refractivity contribution is -0.384. The van der Waals surface area contributed by atoms with Gasteiger partial charge in [0.15, 0.2) is 5.76 Å². The number of aliphatic carboxylic acids is 1. The maximum absolute atomic E-state index is 12.2. The van der Waals surface area contributed by atoms with Crippen LogP contribution in [0.3, 0.4) is 0 Å². The van der Waals surface area contributed by atoms with Crippen LogP contribution in [0.15, 0.2) is 28.7 Å². The molecule has 0 unspecified atom stereocenters. The van der Waals surface area contributed by atoms with Gasteiger partial charge in [-0.25, -0.2) is 0 Å². The second-order valence-electron chi connectivity index (χ2n) is 5.82. The SMILES string of the molecule is CC(C)(CCC(=O)O)NC(=O)c1cc2cc([N+](=O)[O-])ccc2o1. The van der Waals surface area contributed by atoms with E-state index in [2.05, 4.69) is 5.32 Å². The van der Waals surface area contributed by atoms with Gasteiger partial charge in [-0.3, -0.25) is 19.7 Å². The molecule has 0 aliphatic heterocycles. The first-order valence-electron chi connectivity index (χ1n) is 6.90. The number of amides is 1. The van der Waals surface area contributed by atoms with Crippen LogP contribution in [0, 0.1) is 10.1 Å². The number of fused-ring (bicyclic) bond motifs is 1. The fraction of sp³-hybridized carbons (Fsp3) is 0.333. The molecule has 1 aromatic carbocycles. The Bertz CT molecular complexity index is 777. The molecule has 23 heavy (non-hydrogen) atoms. The van der Waals surface area contributed by atoms with Gasteiger partial charge in [0.25, 0.3) is 11.6 Å². The molecule has 1 heterocycles. The van der Waals surface area contributed by atoms with Crippen molar-refractivity contribution >= 4 is 28.5 Å². The third-order valence-corrected chi connectivity index (χ3v) is 3.35. The predicted molar refractivity (Wildman–Crippen MR) is 81.3 cm³/mol. The number of rotatable bonds is 6. The molecule has 0 fully saturated rings. The van der Waals surface area contributed by atoms with E-state index in [1.54, 1.807) is 13.8 Å². The van der Waals surface area contributed by atoms with Gasteiger partial charge in [0.2, 0.25) is 0 Å². The van der Waals surface area contributed by atoms with Crippen molar-refractivity contribution < 1.29 is 24.0 Å². The molecule has 2 aromatic rings. The van der Waals surface area contributed by atoms with Crippen LogP contribution >= 0.6 is 0 Å². The van der Waals surface area contributed by atoms with E-state index in [1.807, 2.05) is 0 Å². The summed E-state index contributed by atoms with van der Waals surface area (Å²) in [7, 11) is 0. The Morgan fingerprint density at radius 1 is 1.35 bits per heavy atom. The van der Waals surface area contributed by atoms with E-state index in [-0.39, 0.29) is 24.3 Å². The first kappa shape index (κ1) is 16.5. The van der Waals surface area contributed by atoms with Gasteiger partial charge in [-0.05, 0) is 32.4 Å². The number of non-ortho nitro benzene ring substituents is 1. The molecule has 0 saturated carbocycles. The number of hydrogen-bond donors (Lipinski definition) is 2. The highest BCUT2D eigenvalue weighted by molar-refractivity contribution is 5.96. The molecule has 8 heteroatoms. The number of benzene rings is 1. The Hall–Kier alpha value is -2.90. The fourth-order valence-electron chi connectivity index (χ4n) is 2.11. The van der Waals surface area contributed by atoms with Crippen molar-refractivity contribution in [2.75, 3.05) is 0 Å². The second-order valence-corrected chi connectivity index (χ2v) is 5.82. The van der Waals surface area contributed by atoms with Crippen LogP contribution in [0.1, 0.15) is 37.2 Å². The number of carbonyl (C=O) groups is 2. The molecule has 0 aliphatic carbocycles. The number of nitro benzene ring substituents is 1. The van der Waals surface area contributed by atoms with Crippen LogP contribution in [0.4, 0.5) is 5.69 Å². The van der Waals surface area contributed by atoms with E-state index >= 15 is 0 Å². The normalized spacial score (nSPS) is 11.4. The molecule has 2 rings (SSSR count). The zero-order valence-electron chi connectivity index (χ0n) is 12.7. The molecular formula is C15H16N2O6. The average Bonchev–Trinajstić information content (AvgIpc) is 2.87. The molecule has 1 aromatic heterocycles. The molecular weight excluding hydrogens is 304 g/mol. The van der Waals surface area contributed by atoms with Crippen LogP contribution < -0.4 is 5.32 Å². The minimum atomic E-state index is -0.941. The first-order chi connectivity index (χ1) is 10.7. The Morgan fingerprint density at radius 2 is 2.04 bits per heavy atom. The summed E-state index contributed by atoms with van der Waals surface area (Å²) in [6, 6.07) is 5.47. The van der Waals surface area contributed by atoms with E-state index in [4.69, 9.17) is 9.52 Å². The van der Waals surface area contributed by atoms with E-state index in [0.29, 0.717) is 11.0 Å². The van der Waals surface area contributed by atoms with Crippen molar-refractivity contribution in [3.05, 3.63) is 40.1 Å². The summed E-state index contributed by atoms with van der Waals surface area (Å²) in [5.74, 6) is -1.42. The molecule has 2 N–H and O–H groups in total. The molecule has 0 radical (unpaired) electrons. The molecule has 0 aliphatic rings. The minimum Gasteiger partial charge on any atom is -0.481 e. The number of nitrogens with zero attached hydrogens (tertiary/aromatic N) is 1. The first-order valence-corrected chi connectivity index (χ1v) is 6.90. The maximum Gasteiger partial charge on any atom is 0.303 e. The Labute approximate surface area is 131 Å². The Morgan fingerprint density at radius 3 is 2.65 bits per heavy atom. The molecule has 8 nitrogen and oxygen atoms in total. The third-order valence-electron chi connectivity index (χ3n) is 3.35. The quantitative estimate of drug-likeness (QED) is 0.623. The summed E-state index contributed by atoms with van der Waals surface area (Å²) in [4.78, 5) is 33.0. The lowest BCUT2D eigenvalue weighted by Crippen LogP contribution is -2.43. The van der Waals surface area contributed by atoms with Crippen LogP contribution in [0.2, 0.25) is 0 Å². The zero-order chi connectivity index (χ0) is 17.2. The van der Waals surface area contributed by atoms with Gasteiger partial charge in [0.05, 0.1) is 4.92 Å². The Kier molecular flexibility index (Phi) is 4.35. The van der Waals surface area contributed by atoms with Crippen molar-refractivity contribution in [1.82, 2.24) is 5.32 Å². The molecule has 0 spiro atoms. The fourth-order valence-corrected chi connectivity index (χ4v) is 2.11. The van der Waals surface area contributed by atoms with E-state index in [9.17, 15) is 19.7 Å². The number of hydrogen-bond acceptors (Lipinski definition) is 5. The number of carbonyl (C=O) groups excluding carboxylic acids is 1. The zero-order valence-corrected chi connectivity index (χ0v) is 12.7. The van der Waals surface area contributed by atoms with E-state index in [0.717, 1.165) is 0 Å². The maximum atomic E-state index is 12.2. The van der Waals surface area contributed by atoms with Gasteiger partial charge in [-0.15, -0.1) is 0 Å². The van der Waals surface area contributed by atoms with Crippen molar-refractivity contribution in [1.29, 1.82) is 0 Å². The van der Waals surface area contributed by atoms with Gasteiger partial charge in [-0.1, -0.05) is 0 Å². The average molecular weight is 320 g/mol. The highest BCUT2D eigenvalue weighted by Gasteiger charge is 2.24. The van der Waals surface area contributed by atoms with Gasteiger partial charge in [0.1, 0.15) is 5.58 Å². The number of carboxylic acid groups (broad SMARTS) is 1. The molecule has 122 valence electrons. The Balaban J connectivity index is 2.17. The second kappa shape index (κ2) is 6.07. The highest BCUT2D eigenvalue weighted by Crippen LogP contribution is 2.24. The van der Waals surface area contributed by atoms with E-state index in [1.165, 1.54) is 24.3 Å². The summed E-state index contributed by atoms with van der Waals surface area (Å²) in [5, 5.41) is 22.6. The molecule has 0 saturated heterocycles. The van der Waals surface area contributed by atoms with Crippen molar-refractivity contribution in [3.8, 4) is 0 Å². The molecule has 1 amide bonds. The number of carboxylic acids is 1. The summed E-state index contributed by atoms with van der Waals surface area (Å²) in [5.41, 5.74) is -0.448. The number of nitro groups is 1. The monoisotopic (exact) mass is 320 g/mol. The standard InChI is InChI=1S/C15H16N2O6/c1-15(2,6-5-13(18)19)16-14(20)12-8-9-7-10(17(21)22)3-4-11(9)23-12/h3-4,7-8H,5-6H2,1-2H3,(H,16,20)(H,18,19). The molecule has 0 bridgehead atoms. The molecule has 0 atom stereocenters. The van der Waals surface area contributed by atoms with Crippen LogP contribution in [-0.2, 0) is 4.79 Å². The minimum absolute atomic E-state index is 0.0175. The number of furan rings is 1. The third kappa shape index (κ3) is 4.06. The van der Waals surface area contributed by atoms with Crippen molar-refractivity contribution in [2.45, 2.75) is 32.2 Å². The summed E-state index contributed by atoms with van der Waals surface area (Å²) >= 11 is 0. The summed E-state index contributed by atoms with van der Waals surface area (Å²) < 4.78 is 5.39. The summed E-state index contributed by atoms with van der Waals surface area (Å²) in [6.45, 7) is 3.42. The smallest absolute Gasteiger partial charge is 0.303 e. The van der Waals surface area contributed by atoms with Gasteiger partial charge in [-0.2, -0.15) is 0 Å². The van der Waals surface area contributed by atoms with Crippen molar-refractivity contribution in [3.63, 3.8) is 0 Å². The van der Waals surface area contributed by atoms with Gasteiger partial charge >= 0.3 is 5.97 Å². The van der Waals surface area contributed by atoms with Crippen LogP contribution in [0.5, 0.6) is 0 Å². The van der Waals surface area contributed by atoms with Gasteiger partial charge < -0.3 is 14.8 Å². The largest absolute Gasteiger partial charge is 0.481 e. The van der Waals surface area contributed by atoms with E-state index < -0.39 is 22.3 Å². The van der Waals surface area contributed by atoms with Crippen molar-refractivity contribution in [2.24, 2.45) is 0 Å². The highest BCUT2D eigenvalue weighted by atomic mass is 16.6. The summed E-state index contributed by atoms with van der Waals surface area (Å²) in [6.07, 6.45) is 0.194. The number of nitrogens with one attached hydrogen (secondary N) is 1. The topological polar surface area (TPSA) is 123 Å². The predicted octanol–water partition coefficient (Wildman–Crippen LogP) is 2.71.